The van der Waals surface area contributed by atoms with E-state index in [4.69, 9.17) is 37.4 Å². The van der Waals surface area contributed by atoms with Gasteiger partial charge in [0.1, 0.15) is 17.2 Å². The topological polar surface area (TPSA) is 58.4 Å². The van der Waals surface area contributed by atoms with Crippen molar-refractivity contribution in [3.63, 3.8) is 0 Å². The highest BCUT2D eigenvalue weighted by Gasteiger charge is 2.20. The number of halogens is 2. The van der Waals surface area contributed by atoms with Gasteiger partial charge in [0, 0.05) is 10.8 Å². The molecule has 0 saturated carbocycles. The predicted molar refractivity (Wildman–Crippen MR) is 132 cm³/mol. The lowest BCUT2D eigenvalue weighted by molar-refractivity contribution is 0.414. The van der Waals surface area contributed by atoms with Gasteiger partial charge in [-0.2, -0.15) is 0 Å². The van der Waals surface area contributed by atoms with Crippen molar-refractivity contribution in [1.29, 1.82) is 0 Å². The van der Waals surface area contributed by atoms with Crippen LogP contribution in [0.2, 0.25) is 10.0 Å². The maximum Gasteiger partial charge on any atom is 0.196 e. The Balaban J connectivity index is 1.78. The normalized spacial score (nSPS) is 10.8. The molecule has 0 aliphatic rings. The summed E-state index contributed by atoms with van der Waals surface area (Å²) in [6.45, 7) is 0. The molecule has 6 nitrogen and oxygen atoms in total. The molecule has 0 radical (unpaired) electrons. The number of hydrogen-bond acceptors (Lipinski definition) is 6. The summed E-state index contributed by atoms with van der Waals surface area (Å²) in [7, 11) is 4.84. The van der Waals surface area contributed by atoms with Crippen molar-refractivity contribution in [1.82, 2.24) is 14.8 Å². The van der Waals surface area contributed by atoms with Crippen molar-refractivity contribution in [2.45, 2.75) is 10.9 Å². The van der Waals surface area contributed by atoms with Crippen LogP contribution in [0.1, 0.15) is 5.56 Å². The number of aromatic nitrogens is 3. The minimum Gasteiger partial charge on any atom is -0.497 e. The van der Waals surface area contributed by atoms with Crippen molar-refractivity contribution in [2.24, 2.45) is 0 Å². The van der Waals surface area contributed by atoms with Crippen LogP contribution in [0.4, 0.5) is 0 Å². The van der Waals surface area contributed by atoms with E-state index in [1.807, 2.05) is 59.2 Å². The molecule has 1 heterocycles. The Morgan fingerprint density at radius 2 is 1.55 bits per heavy atom. The SMILES string of the molecule is COc1ccc(CSc2nnc(-c3cc(Cl)ccc3OC)n2-c2ccc(OC)c(Cl)c2)cc1. The van der Waals surface area contributed by atoms with Crippen LogP contribution in [0.3, 0.4) is 0 Å². The van der Waals surface area contributed by atoms with Crippen molar-refractivity contribution < 1.29 is 14.2 Å². The summed E-state index contributed by atoms with van der Waals surface area (Å²) < 4.78 is 18.1. The van der Waals surface area contributed by atoms with E-state index >= 15 is 0 Å². The number of thioether (sulfide) groups is 1. The molecule has 0 aliphatic carbocycles. The summed E-state index contributed by atoms with van der Waals surface area (Å²) in [6.07, 6.45) is 0. The van der Waals surface area contributed by atoms with E-state index in [-0.39, 0.29) is 0 Å². The molecule has 33 heavy (non-hydrogen) atoms. The zero-order valence-corrected chi connectivity index (χ0v) is 20.5. The lowest BCUT2D eigenvalue weighted by atomic mass is 10.2. The molecule has 0 fully saturated rings. The van der Waals surface area contributed by atoms with Gasteiger partial charge in [0.2, 0.25) is 0 Å². The minimum absolute atomic E-state index is 0.485. The second-order valence-electron chi connectivity index (χ2n) is 6.94. The number of rotatable bonds is 8. The molecule has 0 amide bonds. The highest BCUT2D eigenvalue weighted by molar-refractivity contribution is 7.98. The van der Waals surface area contributed by atoms with Gasteiger partial charge in [-0.25, -0.2) is 0 Å². The lowest BCUT2D eigenvalue weighted by Crippen LogP contribution is -2.01. The number of hydrogen-bond donors (Lipinski definition) is 0. The highest BCUT2D eigenvalue weighted by atomic mass is 35.5. The van der Waals surface area contributed by atoms with E-state index in [0.29, 0.717) is 38.3 Å². The second kappa shape index (κ2) is 10.4. The smallest absolute Gasteiger partial charge is 0.196 e. The molecule has 3 aromatic carbocycles. The lowest BCUT2D eigenvalue weighted by Gasteiger charge is -2.14. The van der Waals surface area contributed by atoms with E-state index < -0.39 is 0 Å². The monoisotopic (exact) mass is 501 g/mol. The first kappa shape index (κ1) is 23.3. The summed E-state index contributed by atoms with van der Waals surface area (Å²) in [4.78, 5) is 0. The van der Waals surface area contributed by atoms with Crippen LogP contribution in [0, 0.1) is 0 Å². The van der Waals surface area contributed by atoms with E-state index in [9.17, 15) is 0 Å². The van der Waals surface area contributed by atoms with Gasteiger partial charge in [-0.05, 0) is 54.1 Å². The average Bonchev–Trinajstić information content (AvgIpc) is 3.26. The summed E-state index contributed by atoms with van der Waals surface area (Å²) in [6, 6.07) is 18.9. The van der Waals surface area contributed by atoms with Gasteiger partial charge in [-0.3, -0.25) is 4.57 Å². The van der Waals surface area contributed by atoms with Gasteiger partial charge in [0.05, 0.1) is 37.6 Å². The van der Waals surface area contributed by atoms with Crippen LogP contribution < -0.4 is 14.2 Å². The Morgan fingerprint density at radius 1 is 0.818 bits per heavy atom. The molecule has 4 rings (SSSR count). The summed E-state index contributed by atoms with van der Waals surface area (Å²) in [5.41, 5.74) is 2.64. The van der Waals surface area contributed by atoms with Gasteiger partial charge in [0.25, 0.3) is 0 Å². The molecule has 0 N–H and O–H groups in total. The fourth-order valence-electron chi connectivity index (χ4n) is 3.29. The van der Waals surface area contributed by atoms with Crippen molar-refractivity contribution in [2.75, 3.05) is 21.3 Å². The van der Waals surface area contributed by atoms with E-state index in [0.717, 1.165) is 22.6 Å². The van der Waals surface area contributed by atoms with Gasteiger partial charge in [-0.15, -0.1) is 10.2 Å². The Morgan fingerprint density at radius 3 is 2.21 bits per heavy atom. The molecule has 0 unspecified atom stereocenters. The largest absolute Gasteiger partial charge is 0.497 e. The fraction of sp³-hybridized carbons (Fsp3) is 0.167. The fourth-order valence-corrected chi connectivity index (χ4v) is 4.62. The van der Waals surface area contributed by atoms with Crippen LogP contribution in [0.5, 0.6) is 17.2 Å². The molecule has 9 heteroatoms. The molecular weight excluding hydrogens is 481 g/mol. The second-order valence-corrected chi connectivity index (χ2v) is 8.73. The van der Waals surface area contributed by atoms with Crippen molar-refractivity contribution in [3.8, 4) is 34.3 Å². The molecule has 1 aromatic heterocycles. The molecule has 4 aromatic rings. The first-order valence-corrected chi connectivity index (χ1v) is 11.7. The Labute approximate surface area is 206 Å². The molecule has 0 bridgehead atoms. The third-order valence-corrected chi connectivity index (χ3v) is 6.49. The van der Waals surface area contributed by atoms with Crippen molar-refractivity contribution in [3.05, 3.63) is 76.3 Å². The van der Waals surface area contributed by atoms with Crippen LogP contribution in [0.15, 0.2) is 65.8 Å². The highest BCUT2D eigenvalue weighted by Crippen LogP contribution is 2.37. The zero-order chi connectivity index (χ0) is 23.4. The Bertz CT molecular complexity index is 1260. The van der Waals surface area contributed by atoms with Gasteiger partial charge >= 0.3 is 0 Å². The van der Waals surface area contributed by atoms with E-state index in [1.165, 1.54) is 0 Å². The quantitative estimate of drug-likeness (QED) is 0.255. The van der Waals surface area contributed by atoms with E-state index in [1.54, 1.807) is 39.2 Å². The van der Waals surface area contributed by atoms with E-state index in [2.05, 4.69) is 10.2 Å². The molecule has 0 aliphatic heterocycles. The summed E-state index contributed by atoms with van der Waals surface area (Å²) in [5, 5.41) is 10.7. The van der Waals surface area contributed by atoms with Crippen molar-refractivity contribution >= 4 is 35.0 Å². The van der Waals surface area contributed by atoms with Crippen LogP contribution in [-0.2, 0) is 5.75 Å². The molecule has 0 saturated heterocycles. The number of ether oxygens (including phenoxy) is 3. The van der Waals surface area contributed by atoms with Gasteiger partial charge in [-0.1, -0.05) is 47.1 Å². The van der Waals surface area contributed by atoms with Crippen LogP contribution >= 0.6 is 35.0 Å². The van der Waals surface area contributed by atoms with Gasteiger partial charge in [0.15, 0.2) is 11.0 Å². The molecule has 170 valence electrons. The zero-order valence-electron chi connectivity index (χ0n) is 18.2. The third kappa shape index (κ3) is 5.05. The third-order valence-electron chi connectivity index (χ3n) is 4.96. The predicted octanol–water partition coefficient (Wildman–Crippen LogP) is 6.56. The number of benzene rings is 3. The Hall–Kier alpha value is -2.87. The summed E-state index contributed by atoms with van der Waals surface area (Å²) >= 11 is 14.3. The minimum atomic E-state index is 0.485. The standard InChI is InChI=1S/C24H21Cl2N3O3S/c1-30-18-8-4-15(5-9-18)14-33-24-28-27-23(19-12-16(25)6-10-21(19)31-2)29(24)17-7-11-22(32-3)20(26)13-17/h4-13H,14H2,1-3H3. The number of methoxy groups -OCH3 is 3. The number of nitrogens with zero attached hydrogens (tertiary/aromatic N) is 3. The van der Waals surface area contributed by atoms with Crippen LogP contribution in [-0.4, -0.2) is 36.1 Å². The maximum atomic E-state index is 6.44. The molecular formula is C24H21Cl2N3O3S. The maximum absolute atomic E-state index is 6.44. The molecule has 0 atom stereocenters. The van der Waals surface area contributed by atoms with Gasteiger partial charge < -0.3 is 14.2 Å². The first-order chi connectivity index (χ1) is 16.0. The Kier molecular flexibility index (Phi) is 7.33. The summed E-state index contributed by atoms with van der Waals surface area (Å²) in [5.74, 6) is 3.32. The average molecular weight is 502 g/mol. The van der Waals surface area contributed by atoms with Crippen LogP contribution in [0.25, 0.3) is 17.1 Å². The first-order valence-electron chi connectivity index (χ1n) is 9.93. The molecule has 0 spiro atoms.